The van der Waals surface area contributed by atoms with Crippen LogP contribution < -0.4 is 5.73 Å². The Morgan fingerprint density at radius 1 is 1.10 bits per heavy atom. The summed E-state index contributed by atoms with van der Waals surface area (Å²) in [6, 6.07) is 8.61. The number of benzene rings is 1. The van der Waals surface area contributed by atoms with Crippen LogP contribution in [0.4, 0.5) is 0 Å². The molecular formula is C17H23NO2. The van der Waals surface area contributed by atoms with Gasteiger partial charge >= 0.3 is 5.97 Å². The molecule has 108 valence electrons. The molecule has 1 saturated carbocycles. The number of nitrogens with two attached hydrogens (primary N) is 1. The SMILES string of the molecule is NC1CCC(C(=O)OC2CCCc3ccccc32)CC1. The van der Waals surface area contributed by atoms with Crippen LogP contribution in [0, 0.1) is 5.92 Å². The molecule has 1 fully saturated rings. The Labute approximate surface area is 120 Å². The fourth-order valence-electron chi connectivity index (χ4n) is 3.42. The van der Waals surface area contributed by atoms with Gasteiger partial charge in [0.25, 0.3) is 0 Å². The second-order valence-electron chi connectivity index (χ2n) is 6.13. The lowest BCUT2D eigenvalue weighted by atomic mass is 9.86. The second kappa shape index (κ2) is 5.96. The zero-order chi connectivity index (χ0) is 13.9. The van der Waals surface area contributed by atoms with E-state index in [4.69, 9.17) is 10.5 Å². The minimum absolute atomic E-state index is 0.0152. The highest BCUT2D eigenvalue weighted by Gasteiger charge is 2.29. The van der Waals surface area contributed by atoms with E-state index in [0.29, 0.717) is 0 Å². The summed E-state index contributed by atoms with van der Waals surface area (Å²) in [4.78, 5) is 12.3. The van der Waals surface area contributed by atoms with Crippen LogP contribution in [0.3, 0.4) is 0 Å². The van der Waals surface area contributed by atoms with Gasteiger partial charge in [-0.25, -0.2) is 0 Å². The molecule has 0 spiro atoms. The molecule has 1 unspecified atom stereocenters. The van der Waals surface area contributed by atoms with Gasteiger partial charge in [0.15, 0.2) is 0 Å². The van der Waals surface area contributed by atoms with Crippen molar-refractivity contribution >= 4 is 5.97 Å². The number of aryl methyl sites for hydroxylation is 1. The largest absolute Gasteiger partial charge is 0.457 e. The molecule has 1 atom stereocenters. The van der Waals surface area contributed by atoms with Gasteiger partial charge in [-0.15, -0.1) is 0 Å². The molecule has 3 heteroatoms. The third kappa shape index (κ3) is 2.88. The van der Waals surface area contributed by atoms with Crippen molar-refractivity contribution in [2.75, 3.05) is 0 Å². The lowest BCUT2D eigenvalue weighted by molar-refractivity contribution is -0.156. The van der Waals surface area contributed by atoms with Gasteiger partial charge < -0.3 is 10.5 Å². The summed E-state index contributed by atoms with van der Waals surface area (Å²) in [5.41, 5.74) is 8.44. The van der Waals surface area contributed by atoms with Crippen molar-refractivity contribution in [1.29, 1.82) is 0 Å². The molecule has 0 radical (unpaired) electrons. The first-order valence-corrected chi connectivity index (χ1v) is 7.78. The maximum absolute atomic E-state index is 12.3. The van der Waals surface area contributed by atoms with E-state index in [1.165, 1.54) is 11.1 Å². The molecule has 3 rings (SSSR count). The number of ether oxygens (including phenoxy) is 1. The summed E-state index contributed by atoms with van der Waals surface area (Å²) in [5.74, 6) is 0.0440. The zero-order valence-electron chi connectivity index (χ0n) is 11.9. The molecule has 3 nitrogen and oxygen atoms in total. The number of fused-ring (bicyclic) bond motifs is 1. The maximum Gasteiger partial charge on any atom is 0.309 e. The zero-order valence-corrected chi connectivity index (χ0v) is 11.9. The summed E-state index contributed by atoms with van der Waals surface area (Å²) in [5, 5.41) is 0. The normalized spacial score (nSPS) is 29.6. The fraction of sp³-hybridized carbons (Fsp3) is 0.588. The molecule has 0 aliphatic heterocycles. The van der Waals surface area contributed by atoms with Crippen molar-refractivity contribution in [3.63, 3.8) is 0 Å². The highest BCUT2D eigenvalue weighted by molar-refractivity contribution is 5.73. The van der Waals surface area contributed by atoms with E-state index in [9.17, 15) is 4.79 Å². The van der Waals surface area contributed by atoms with Crippen LogP contribution in [0.15, 0.2) is 24.3 Å². The molecule has 2 aliphatic rings. The molecule has 0 saturated heterocycles. The average Bonchev–Trinajstić information content (AvgIpc) is 2.48. The summed E-state index contributed by atoms with van der Waals surface area (Å²) in [6.07, 6.45) is 6.77. The Bertz CT molecular complexity index is 478. The number of carbonyl (C=O) groups is 1. The van der Waals surface area contributed by atoms with Gasteiger partial charge in [-0.3, -0.25) is 4.79 Å². The van der Waals surface area contributed by atoms with Gasteiger partial charge in [-0.05, 0) is 56.1 Å². The Hall–Kier alpha value is -1.35. The summed E-state index contributed by atoms with van der Waals surface area (Å²) >= 11 is 0. The quantitative estimate of drug-likeness (QED) is 0.842. The van der Waals surface area contributed by atoms with Crippen molar-refractivity contribution in [3.05, 3.63) is 35.4 Å². The molecule has 0 amide bonds. The van der Waals surface area contributed by atoms with Crippen molar-refractivity contribution in [3.8, 4) is 0 Å². The molecule has 0 bridgehead atoms. The molecule has 1 aromatic rings. The van der Waals surface area contributed by atoms with Gasteiger partial charge in [0.1, 0.15) is 6.10 Å². The predicted molar refractivity (Wildman–Crippen MR) is 78.1 cm³/mol. The van der Waals surface area contributed by atoms with Crippen LogP contribution in [0.1, 0.15) is 55.8 Å². The van der Waals surface area contributed by atoms with E-state index in [1.807, 2.05) is 6.07 Å². The third-order valence-electron chi connectivity index (χ3n) is 4.68. The van der Waals surface area contributed by atoms with Gasteiger partial charge in [0, 0.05) is 6.04 Å². The first-order valence-electron chi connectivity index (χ1n) is 7.78. The fourth-order valence-corrected chi connectivity index (χ4v) is 3.42. The van der Waals surface area contributed by atoms with Crippen molar-refractivity contribution in [1.82, 2.24) is 0 Å². The van der Waals surface area contributed by atoms with Crippen molar-refractivity contribution < 1.29 is 9.53 Å². The first-order chi connectivity index (χ1) is 9.74. The highest BCUT2D eigenvalue weighted by Crippen LogP contribution is 2.34. The minimum atomic E-state index is -0.0388. The first kappa shape index (κ1) is 13.6. The molecule has 2 N–H and O–H groups in total. The van der Waals surface area contributed by atoms with E-state index in [2.05, 4.69) is 18.2 Å². The second-order valence-corrected chi connectivity index (χ2v) is 6.13. The maximum atomic E-state index is 12.3. The van der Waals surface area contributed by atoms with E-state index < -0.39 is 0 Å². The Morgan fingerprint density at radius 3 is 2.65 bits per heavy atom. The minimum Gasteiger partial charge on any atom is -0.457 e. The van der Waals surface area contributed by atoms with Crippen LogP contribution in [0.2, 0.25) is 0 Å². The smallest absolute Gasteiger partial charge is 0.309 e. The van der Waals surface area contributed by atoms with Crippen LogP contribution in [-0.2, 0) is 16.0 Å². The molecule has 20 heavy (non-hydrogen) atoms. The Morgan fingerprint density at radius 2 is 1.85 bits per heavy atom. The highest BCUT2D eigenvalue weighted by atomic mass is 16.5. The van der Waals surface area contributed by atoms with Gasteiger partial charge in [0.05, 0.1) is 5.92 Å². The van der Waals surface area contributed by atoms with E-state index in [-0.39, 0.29) is 24.0 Å². The number of carbonyl (C=O) groups excluding carboxylic acids is 1. The molecule has 0 heterocycles. The van der Waals surface area contributed by atoms with E-state index in [0.717, 1.165) is 44.9 Å². The van der Waals surface area contributed by atoms with Gasteiger partial charge in [0.2, 0.25) is 0 Å². The Balaban J connectivity index is 1.65. The molecule has 2 aliphatic carbocycles. The topological polar surface area (TPSA) is 52.3 Å². The van der Waals surface area contributed by atoms with Crippen LogP contribution in [0.5, 0.6) is 0 Å². The number of rotatable bonds is 2. The Kier molecular flexibility index (Phi) is 4.06. The molecule has 1 aromatic carbocycles. The van der Waals surface area contributed by atoms with Crippen molar-refractivity contribution in [2.24, 2.45) is 11.7 Å². The van der Waals surface area contributed by atoms with Crippen molar-refractivity contribution in [2.45, 2.75) is 57.1 Å². The lowest BCUT2D eigenvalue weighted by Crippen LogP contribution is -2.31. The van der Waals surface area contributed by atoms with E-state index >= 15 is 0 Å². The van der Waals surface area contributed by atoms with Gasteiger partial charge in [-0.1, -0.05) is 24.3 Å². The summed E-state index contributed by atoms with van der Waals surface area (Å²) in [7, 11) is 0. The lowest BCUT2D eigenvalue weighted by Gasteiger charge is -2.29. The van der Waals surface area contributed by atoms with Crippen LogP contribution >= 0.6 is 0 Å². The van der Waals surface area contributed by atoms with E-state index in [1.54, 1.807) is 0 Å². The summed E-state index contributed by atoms with van der Waals surface area (Å²) in [6.45, 7) is 0. The number of hydrogen-bond acceptors (Lipinski definition) is 3. The monoisotopic (exact) mass is 273 g/mol. The van der Waals surface area contributed by atoms with Crippen LogP contribution in [-0.4, -0.2) is 12.0 Å². The summed E-state index contributed by atoms with van der Waals surface area (Å²) < 4.78 is 5.81. The third-order valence-corrected chi connectivity index (χ3v) is 4.68. The average molecular weight is 273 g/mol. The number of esters is 1. The van der Waals surface area contributed by atoms with Gasteiger partial charge in [-0.2, -0.15) is 0 Å². The van der Waals surface area contributed by atoms with Crippen LogP contribution in [0.25, 0.3) is 0 Å². The predicted octanol–water partition coefficient (Wildman–Crippen LogP) is 3.12. The molecule has 0 aromatic heterocycles. The number of hydrogen-bond donors (Lipinski definition) is 1. The molecular weight excluding hydrogens is 250 g/mol. The standard InChI is InChI=1S/C17H23NO2/c18-14-10-8-13(9-11-14)17(19)20-16-7-3-5-12-4-1-2-6-15(12)16/h1-2,4,6,13-14,16H,3,5,7-11,18H2.